The lowest BCUT2D eigenvalue weighted by Gasteiger charge is -2.07. The van der Waals surface area contributed by atoms with Crippen LogP contribution < -0.4 is 5.84 Å². The van der Waals surface area contributed by atoms with Crippen LogP contribution in [0, 0.1) is 5.41 Å². The van der Waals surface area contributed by atoms with Crippen LogP contribution in [0.2, 0.25) is 0 Å². The van der Waals surface area contributed by atoms with E-state index in [9.17, 15) is 0 Å². The van der Waals surface area contributed by atoms with Gasteiger partial charge in [0.2, 0.25) is 0 Å². The number of rotatable bonds is 0. The fourth-order valence-electron chi connectivity index (χ4n) is 0.224. The molecule has 0 aliphatic rings. The van der Waals surface area contributed by atoms with Crippen molar-refractivity contribution < 1.29 is 0 Å². The van der Waals surface area contributed by atoms with E-state index in [0.717, 1.165) is 0 Å². The van der Waals surface area contributed by atoms with Gasteiger partial charge in [0, 0.05) is 6.21 Å². The molecular weight excluding hydrogens is 88.1 g/mol. The molecule has 0 unspecified atom stereocenters. The monoisotopic (exact) mass is 100 g/mol. The Morgan fingerprint density at radius 1 is 1.43 bits per heavy atom. The summed E-state index contributed by atoms with van der Waals surface area (Å²) >= 11 is 0. The molecule has 0 aliphatic carbocycles. The van der Waals surface area contributed by atoms with Gasteiger partial charge in [0.15, 0.2) is 0 Å². The normalized spacial score (nSPS) is 13.0. The lowest BCUT2D eigenvalue weighted by atomic mass is 9.99. The van der Waals surface area contributed by atoms with Gasteiger partial charge in [0.25, 0.3) is 0 Å². The summed E-state index contributed by atoms with van der Waals surface area (Å²) in [6, 6.07) is 0. The first kappa shape index (κ1) is 6.47. The fraction of sp³-hybridized carbons (Fsp3) is 0.800. The Hall–Kier alpha value is -0.530. The maximum atomic E-state index is 4.88. The summed E-state index contributed by atoms with van der Waals surface area (Å²) in [4.78, 5) is 0. The maximum absolute atomic E-state index is 4.88. The molecule has 0 fully saturated rings. The van der Waals surface area contributed by atoms with Crippen molar-refractivity contribution in [3.63, 3.8) is 0 Å². The molecule has 0 aromatic carbocycles. The molecule has 0 spiro atoms. The van der Waals surface area contributed by atoms with Gasteiger partial charge in [0.05, 0.1) is 0 Å². The molecule has 0 radical (unpaired) electrons. The van der Waals surface area contributed by atoms with E-state index in [2.05, 4.69) is 5.10 Å². The molecule has 0 aromatic rings. The van der Waals surface area contributed by atoms with Crippen molar-refractivity contribution in [2.45, 2.75) is 20.8 Å². The molecule has 0 saturated heterocycles. The third-order valence-electron chi connectivity index (χ3n) is 0.462. The molecule has 0 amide bonds. The van der Waals surface area contributed by atoms with Crippen LogP contribution in [-0.2, 0) is 0 Å². The predicted octanol–water partition coefficient (Wildman–Crippen LogP) is 0.977. The van der Waals surface area contributed by atoms with Crippen LogP contribution in [0.5, 0.6) is 0 Å². The van der Waals surface area contributed by atoms with Crippen LogP contribution in [-0.4, -0.2) is 6.21 Å². The molecule has 7 heavy (non-hydrogen) atoms. The third-order valence-corrected chi connectivity index (χ3v) is 0.462. The van der Waals surface area contributed by atoms with Crippen molar-refractivity contribution >= 4 is 6.21 Å². The van der Waals surface area contributed by atoms with Gasteiger partial charge in [0.1, 0.15) is 0 Å². The lowest BCUT2D eigenvalue weighted by molar-refractivity contribution is 0.605. The average Bonchev–Trinajstić information content (AvgIpc) is 1.30. The molecule has 0 aromatic heterocycles. The smallest absolute Gasteiger partial charge is 0.0293 e. The van der Waals surface area contributed by atoms with E-state index >= 15 is 0 Å². The van der Waals surface area contributed by atoms with Crippen LogP contribution in [0.3, 0.4) is 0 Å². The highest BCUT2D eigenvalue weighted by atomic mass is 15.1. The Morgan fingerprint density at radius 2 is 1.86 bits per heavy atom. The van der Waals surface area contributed by atoms with E-state index in [1.807, 2.05) is 20.8 Å². The summed E-state index contributed by atoms with van der Waals surface area (Å²) in [5.74, 6) is 4.88. The first-order valence-electron chi connectivity index (χ1n) is 2.31. The van der Waals surface area contributed by atoms with Crippen LogP contribution in [0.15, 0.2) is 5.10 Å². The van der Waals surface area contributed by atoms with E-state index < -0.39 is 0 Å². The van der Waals surface area contributed by atoms with Crippen molar-refractivity contribution in [3.8, 4) is 0 Å². The summed E-state index contributed by atoms with van der Waals surface area (Å²) < 4.78 is 0. The SMILES string of the molecule is CC(C)(C)C=NN. The van der Waals surface area contributed by atoms with Gasteiger partial charge in [-0.15, -0.1) is 0 Å². The fourth-order valence-corrected chi connectivity index (χ4v) is 0.224. The van der Waals surface area contributed by atoms with E-state index in [1.54, 1.807) is 6.21 Å². The number of nitrogens with zero attached hydrogens (tertiary/aromatic N) is 1. The van der Waals surface area contributed by atoms with E-state index in [0.29, 0.717) is 0 Å². The lowest BCUT2D eigenvalue weighted by Crippen LogP contribution is -2.07. The van der Waals surface area contributed by atoms with Gasteiger partial charge < -0.3 is 5.84 Å². The highest BCUT2D eigenvalue weighted by molar-refractivity contribution is 5.63. The number of hydrogen-bond donors (Lipinski definition) is 1. The van der Waals surface area contributed by atoms with Crippen LogP contribution in [0.1, 0.15) is 20.8 Å². The Balaban J connectivity index is 3.56. The van der Waals surface area contributed by atoms with E-state index in [-0.39, 0.29) is 5.41 Å². The van der Waals surface area contributed by atoms with Gasteiger partial charge in [-0.05, 0) is 5.41 Å². The zero-order chi connectivity index (χ0) is 5.91. The quantitative estimate of drug-likeness (QED) is 0.275. The number of hydrogen-bond acceptors (Lipinski definition) is 2. The van der Waals surface area contributed by atoms with Gasteiger partial charge >= 0.3 is 0 Å². The van der Waals surface area contributed by atoms with Crippen molar-refractivity contribution in [3.05, 3.63) is 0 Å². The molecule has 0 rings (SSSR count). The number of hydrazone groups is 1. The molecule has 0 atom stereocenters. The second-order valence-electron chi connectivity index (χ2n) is 2.64. The Kier molecular flexibility index (Phi) is 1.81. The highest BCUT2D eigenvalue weighted by Gasteiger charge is 2.03. The van der Waals surface area contributed by atoms with E-state index in [1.165, 1.54) is 0 Å². The van der Waals surface area contributed by atoms with Crippen LogP contribution in [0.25, 0.3) is 0 Å². The van der Waals surface area contributed by atoms with Crippen molar-refractivity contribution in [2.24, 2.45) is 16.4 Å². The average molecular weight is 100 g/mol. The summed E-state index contributed by atoms with van der Waals surface area (Å²) in [6.07, 6.45) is 1.72. The Labute approximate surface area is 44.4 Å². The molecular formula is C5H12N2. The molecule has 2 N–H and O–H groups in total. The van der Waals surface area contributed by atoms with Gasteiger partial charge in [-0.1, -0.05) is 20.8 Å². The topological polar surface area (TPSA) is 38.4 Å². The van der Waals surface area contributed by atoms with Crippen molar-refractivity contribution in [2.75, 3.05) is 0 Å². The molecule has 2 heteroatoms. The predicted molar refractivity (Wildman–Crippen MR) is 32.1 cm³/mol. The summed E-state index contributed by atoms with van der Waals surface area (Å²) in [5.41, 5.74) is 0.134. The largest absolute Gasteiger partial charge is 0.324 e. The minimum Gasteiger partial charge on any atom is -0.324 e. The van der Waals surface area contributed by atoms with E-state index in [4.69, 9.17) is 5.84 Å². The molecule has 0 heterocycles. The number of nitrogens with two attached hydrogens (primary N) is 1. The maximum Gasteiger partial charge on any atom is 0.0293 e. The van der Waals surface area contributed by atoms with Crippen molar-refractivity contribution in [1.82, 2.24) is 0 Å². The van der Waals surface area contributed by atoms with Crippen LogP contribution in [0.4, 0.5) is 0 Å². The first-order valence-corrected chi connectivity index (χ1v) is 2.31. The molecule has 0 bridgehead atoms. The second-order valence-corrected chi connectivity index (χ2v) is 2.64. The molecule has 0 saturated carbocycles. The molecule has 2 nitrogen and oxygen atoms in total. The summed E-state index contributed by atoms with van der Waals surface area (Å²) in [5, 5.41) is 3.38. The Bertz CT molecular complexity index is 68.6. The third kappa shape index (κ3) is 5.47. The van der Waals surface area contributed by atoms with Gasteiger partial charge in [-0.25, -0.2) is 0 Å². The summed E-state index contributed by atoms with van der Waals surface area (Å²) in [7, 11) is 0. The molecule has 0 aliphatic heterocycles. The molecule has 42 valence electrons. The van der Waals surface area contributed by atoms with Gasteiger partial charge in [-0.2, -0.15) is 5.10 Å². The van der Waals surface area contributed by atoms with Gasteiger partial charge in [-0.3, -0.25) is 0 Å². The highest BCUT2D eigenvalue weighted by Crippen LogP contribution is 2.06. The standard InChI is InChI=1S/C5H12N2/c1-5(2,3)4-7-6/h4H,6H2,1-3H3. The van der Waals surface area contributed by atoms with Crippen molar-refractivity contribution in [1.29, 1.82) is 0 Å². The minimum absolute atomic E-state index is 0.134. The second kappa shape index (κ2) is 1.96. The zero-order valence-corrected chi connectivity index (χ0v) is 5.10. The Morgan fingerprint density at radius 3 is 1.86 bits per heavy atom. The minimum atomic E-state index is 0.134. The summed E-state index contributed by atoms with van der Waals surface area (Å²) in [6.45, 7) is 6.14. The zero-order valence-electron chi connectivity index (χ0n) is 5.10. The van der Waals surface area contributed by atoms with Crippen LogP contribution >= 0.6 is 0 Å². The first-order chi connectivity index (χ1) is 3.06.